The van der Waals surface area contributed by atoms with Gasteiger partial charge in [0.1, 0.15) is 0 Å². The molecule has 3 atom stereocenters. The Morgan fingerprint density at radius 2 is 1.75 bits per heavy atom. The van der Waals surface area contributed by atoms with Crippen LogP contribution in [0.15, 0.2) is 30.3 Å². The largest absolute Gasteiger partial charge is 0.275 e. The first kappa shape index (κ1) is 7.68. The summed E-state index contributed by atoms with van der Waals surface area (Å²) in [6.45, 7) is 0. The second-order valence-electron chi connectivity index (χ2n) is 2.90. The third-order valence-electron chi connectivity index (χ3n) is 2.10. The summed E-state index contributed by atoms with van der Waals surface area (Å²) >= 11 is 0. The minimum atomic E-state index is -1.49. The van der Waals surface area contributed by atoms with Crippen LogP contribution in [0.3, 0.4) is 0 Å². The molecule has 1 nitrogen and oxygen atoms in total. The number of hydrogen-bond acceptors (Lipinski definition) is 1. The summed E-state index contributed by atoms with van der Waals surface area (Å²) in [6.07, 6.45) is -2.89. The van der Waals surface area contributed by atoms with Crippen molar-refractivity contribution < 1.29 is 8.78 Å². The first-order chi connectivity index (χ1) is 5.79. The van der Waals surface area contributed by atoms with Crippen molar-refractivity contribution in [2.24, 2.45) is 0 Å². The highest BCUT2D eigenvalue weighted by molar-refractivity contribution is 5.23. The molecule has 1 aromatic carbocycles. The van der Waals surface area contributed by atoms with Gasteiger partial charge in [-0.25, -0.2) is 8.78 Å². The Labute approximate surface area is 69.4 Å². The molecule has 0 aliphatic carbocycles. The summed E-state index contributed by atoms with van der Waals surface area (Å²) in [5.74, 6) is 0. The molecule has 0 bridgehead atoms. The maximum Gasteiger partial charge on any atom is 0.185 e. The highest BCUT2D eigenvalue weighted by atomic mass is 19.2. The zero-order valence-electron chi connectivity index (χ0n) is 6.37. The standard InChI is InChI=1S/C9H9F2N/c10-7-8(12-9(7)11)6-4-2-1-3-5-6/h1-5,7-9,12H. The Morgan fingerprint density at radius 1 is 1.08 bits per heavy atom. The molecule has 0 amide bonds. The molecule has 0 radical (unpaired) electrons. The van der Waals surface area contributed by atoms with Crippen molar-refractivity contribution >= 4 is 0 Å². The highest BCUT2D eigenvalue weighted by Crippen LogP contribution is 2.31. The van der Waals surface area contributed by atoms with Crippen LogP contribution in [0.2, 0.25) is 0 Å². The van der Waals surface area contributed by atoms with Crippen LogP contribution in [0, 0.1) is 0 Å². The van der Waals surface area contributed by atoms with E-state index in [2.05, 4.69) is 5.32 Å². The quantitative estimate of drug-likeness (QED) is 0.634. The summed E-state index contributed by atoms with van der Waals surface area (Å²) in [7, 11) is 0. The number of halogens is 2. The van der Waals surface area contributed by atoms with Gasteiger partial charge in [-0.2, -0.15) is 0 Å². The van der Waals surface area contributed by atoms with Crippen LogP contribution >= 0.6 is 0 Å². The zero-order chi connectivity index (χ0) is 8.55. The monoisotopic (exact) mass is 169 g/mol. The maximum atomic E-state index is 12.8. The van der Waals surface area contributed by atoms with Crippen LogP contribution in [0.25, 0.3) is 0 Å². The number of benzene rings is 1. The number of hydrogen-bond donors (Lipinski definition) is 1. The first-order valence-corrected chi connectivity index (χ1v) is 3.88. The second-order valence-corrected chi connectivity index (χ2v) is 2.90. The molecule has 1 aromatic rings. The SMILES string of the molecule is FC1NC(c2ccccc2)C1F. The van der Waals surface area contributed by atoms with Crippen molar-refractivity contribution in [3.8, 4) is 0 Å². The van der Waals surface area contributed by atoms with Gasteiger partial charge >= 0.3 is 0 Å². The van der Waals surface area contributed by atoms with E-state index in [1.807, 2.05) is 18.2 Å². The van der Waals surface area contributed by atoms with E-state index < -0.39 is 18.5 Å². The predicted molar refractivity (Wildman–Crippen MR) is 42.1 cm³/mol. The van der Waals surface area contributed by atoms with Gasteiger partial charge in [0.25, 0.3) is 0 Å². The minimum Gasteiger partial charge on any atom is -0.275 e. The lowest BCUT2D eigenvalue weighted by Gasteiger charge is -2.36. The van der Waals surface area contributed by atoms with Gasteiger partial charge in [0.15, 0.2) is 12.5 Å². The minimum absolute atomic E-state index is 0.457. The van der Waals surface area contributed by atoms with Crippen molar-refractivity contribution in [2.45, 2.75) is 18.5 Å². The van der Waals surface area contributed by atoms with E-state index >= 15 is 0 Å². The van der Waals surface area contributed by atoms with Crippen LogP contribution in [-0.2, 0) is 0 Å². The van der Waals surface area contributed by atoms with E-state index in [0.29, 0.717) is 0 Å². The van der Waals surface area contributed by atoms with E-state index in [9.17, 15) is 8.78 Å². The Bertz CT molecular complexity index is 262. The summed E-state index contributed by atoms with van der Waals surface area (Å²) in [6, 6.07) is 8.60. The van der Waals surface area contributed by atoms with Gasteiger partial charge < -0.3 is 0 Å². The molecule has 2 rings (SSSR count). The van der Waals surface area contributed by atoms with Gasteiger partial charge in [-0.3, -0.25) is 5.32 Å². The molecule has 1 aliphatic rings. The summed E-state index contributed by atoms with van der Waals surface area (Å²) < 4.78 is 25.2. The molecule has 0 saturated carbocycles. The van der Waals surface area contributed by atoms with Gasteiger partial charge in [0.2, 0.25) is 0 Å². The van der Waals surface area contributed by atoms with Crippen molar-refractivity contribution in [3.63, 3.8) is 0 Å². The maximum absolute atomic E-state index is 12.8. The Balaban J connectivity index is 2.13. The average molecular weight is 169 g/mol. The smallest absolute Gasteiger partial charge is 0.185 e. The molecule has 1 N–H and O–H groups in total. The molecule has 64 valence electrons. The molecule has 1 aliphatic heterocycles. The van der Waals surface area contributed by atoms with Crippen LogP contribution in [0.1, 0.15) is 11.6 Å². The molecule has 0 aromatic heterocycles. The van der Waals surface area contributed by atoms with Crippen molar-refractivity contribution in [3.05, 3.63) is 35.9 Å². The van der Waals surface area contributed by atoms with E-state index in [4.69, 9.17) is 0 Å². The average Bonchev–Trinajstić information content (AvgIpc) is 2.15. The van der Waals surface area contributed by atoms with Gasteiger partial charge in [-0.05, 0) is 5.56 Å². The van der Waals surface area contributed by atoms with Crippen LogP contribution < -0.4 is 5.32 Å². The fourth-order valence-electron chi connectivity index (χ4n) is 1.35. The van der Waals surface area contributed by atoms with E-state index in [1.165, 1.54) is 0 Å². The zero-order valence-corrected chi connectivity index (χ0v) is 6.37. The number of alkyl halides is 2. The fraction of sp³-hybridized carbons (Fsp3) is 0.333. The fourth-order valence-corrected chi connectivity index (χ4v) is 1.35. The molecular weight excluding hydrogens is 160 g/mol. The molecule has 12 heavy (non-hydrogen) atoms. The molecule has 3 heteroatoms. The van der Waals surface area contributed by atoms with Crippen LogP contribution in [0.5, 0.6) is 0 Å². The van der Waals surface area contributed by atoms with Crippen LogP contribution in [-0.4, -0.2) is 12.5 Å². The molecule has 3 unspecified atom stereocenters. The topological polar surface area (TPSA) is 12.0 Å². The predicted octanol–water partition coefficient (Wildman–Crippen LogP) is 1.96. The normalized spacial score (nSPS) is 34.3. The summed E-state index contributed by atoms with van der Waals surface area (Å²) in [5.41, 5.74) is 0.805. The van der Waals surface area contributed by atoms with Gasteiger partial charge in [-0.1, -0.05) is 30.3 Å². The Kier molecular flexibility index (Phi) is 1.81. The lowest BCUT2D eigenvalue weighted by molar-refractivity contribution is 0.00318. The lowest BCUT2D eigenvalue weighted by Crippen LogP contribution is -2.54. The summed E-state index contributed by atoms with van der Waals surface area (Å²) in [5, 5.41) is 2.47. The first-order valence-electron chi connectivity index (χ1n) is 3.88. The van der Waals surface area contributed by atoms with Crippen molar-refractivity contribution in [1.82, 2.24) is 5.32 Å². The summed E-state index contributed by atoms with van der Waals surface area (Å²) in [4.78, 5) is 0. The van der Waals surface area contributed by atoms with Gasteiger partial charge in [-0.15, -0.1) is 0 Å². The second kappa shape index (κ2) is 2.83. The van der Waals surface area contributed by atoms with Crippen LogP contribution in [0.4, 0.5) is 8.78 Å². The lowest BCUT2D eigenvalue weighted by atomic mass is 9.95. The Hall–Kier alpha value is -0.960. The van der Waals surface area contributed by atoms with E-state index in [-0.39, 0.29) is 0 Å². The molecule has 1 fully saturated rings. The van der Waals surface area contributed by atoms with Crippen molar-refractivity contribution in [1.29, 1.82) is 0 Å². The number of rotatable bonds is 1. The van der Waals surface area contributed by atoms with E-state index in [1.54, 1.807) is 12.1 Å². The van der Waals surface area contributed by atoms with E-state index in [0.717, 1.165) is 5.56 Å². The van der Waals surface area contributed by atoms with Crippen molar-refractivity contribution in [2.75, 3.05) is 0 Å². The third-order valence-corrected chi connectivity index (χ3v) is 2.10. The molecule has 0 spiro atoms. The molecule has 1 heterocycles. The van der Waals surface area contributed by atoms with Gasteiger partial charge in [0.05, 0.1) is 6.04 Å². The molecular formula is C9H9F2N. The highest BCUT2D eigenvalue weighted by Gasteiger charge is 2.41. The van der Waals surface area contributed by atoms with Gasteiger partial charge in [0, 0.05) is 0 Å². The third kappa shape index (κ3) is 1.10. The number of nitrogens with one attached hydrogen (secondary N) is 1. The Morgan fingerprint density at radius 3 is 2.25 bits per heavy atom. The molecule has 1 saturated heterocycles.